The van der Waals surface area contributed by atoms with Crippen LogP contribution in [-0.2, 0) is 4.74 Å². The standard InChI is InChI=1S/C9H14N4O/c1-6-8(9(10)11)4-13(12-6)7-2-3-14-5-7/h4,7H,2-3,5H2,1H3,(H3,10,11). The van der Waals surface area contributed by atoms with E-state index < -0.39 is 0 Å². The quantitative estimate of drug-likeness (QED) is 0.529. The topological polar surface area (TPSA) is 76.9 Å². The van der Waals surface area contributed by atoms with Crippen LogP contribution in [0, 0.1) is 12.3 Å². The van der Waals surface area contributed by atoms with E-state index in [0.29, 0.717) is 12.6 Å². The number of nitrogens with two attached hydrogens (primary N) is 1. The maximum Gasteiger partial charge on any atom is 0.126 e. The second kappa shape index (κ2) is 3.42. The van der Waals surface area contributed by atoms with Crippen LogP contribution in [0.5, 0.6) is 0 Å². The van der Waals surface area contributed by atoms with Gasteiger partial charge in [0, 0.05) is 12.8 Å². The minimum atomic E-state index is 0.0765. The Bertz CT molecular complexity index is 352. The second-order valence-corrected chi connectivity index (χ2v) is 3.54. The Morgan fingerprint density at radius 2 is 2.57 bits per heavy atom. The SMILES string of the molecule is Cc1nn(C2CCOC2)cc1C(=N)N. The lowest BCUT2D eigenvalue weighted by Gasteiger charge is -2.06. The largest absolute Gasteiger partial charge is 0.384 e. The van der Waals surface area contributed by atoms with Gasteiger partial charge >= 0.3 is 0 Å². The van der Waals surface area contributed by atoms with E-state index in [2.05, 4.69) is 5.10 Å². The van der Waals surface area contributed by atoms with E-state index in [1.807, 2.05) is 17.8 Å². The highest BCUT2D eigenvalue weighted by Gasteiger charge is 2.19. The van der Waals surface area contributed by atoms with Gasteiger partial charge in [-0.25, -0.2) is 0 Å². The molecule has 5 heteroatoms. The number of aryl methyl sites for hydroxylation is 1. The molecule has 1 fully saturated rings. The Morgan fingerprint density at radius 3 is 3.07 bits per heavy atom. The number of amidine groups is 1. The van der Waals surface area contributed by atoms with E-state index in [0.717, 1.165) is 24.3 Å². The number of nitrogen functional groups attached to an aromatic ring is 1. The van der Waals surface area contributed by atoms with E-state index >= 15 is 0 Å². The number of rotatable bonds is 2. The number of aromatic nitrogens is 2. The van der Waals surface area contributed by atoms with Gasteiger partial charge in [0.1, 0.15) is 5.84 Å². The number of hydrogen-bond donors (Lipinski definition) is 2. The predicted octanol–water partition coefficient (Wildman–Crippen LogP) is 0.437. The summed E-state index contributed by atoms with van der Waals surface area (Å²) in [6.07, 6.45) is 2.81. The van der Waals surface area contributed by atoms with Crippen LogP contribution < -0.4 is 5.73 Å². The smallest absolute Gasteiger partial charge is 0.126 e. The van der Waals surface area contributed by atoms with Gasteiger partial charge in [0.15, 0.2) is 0 Å². The zero-order chi connectivity index (χ0) is 10.1. The average molecular weight is 194 g/mol. The van der Waals surface area contributed by atoms with Gasteiger partial charge in [0.25, 0.3) is 0 Å². The Kier molecular flexibility index (Phi) is 2.25. The van der Waals surface area contributed by atoms with Crippen molar-refractivity contribution < 1.29 is 4.74 Å². The van der Waals surface area contributed by atoms with Crippen molar-refractivity contribution >= 4 is 5.84 Å². The van der Waals surface area contributed by atoms with Crippen LogP contribution in [0.3, 0.4) is 0 Å². The normalized spacial score (nSPS) is 21.4. The predicted molar refractivity (Wildman–Crippen MR) is 52.5 cm³/mol. The van der Waals surface area contributed by atoms with Crippen molar-refractivity contribution in [1.82, 2.24) is 9.78 Å². The molecular formula is C9H14N4O. The summed E-state index contributed by atoms with van der Waals surface area (Å²) < 4.78 is 7.14. The van der Waals surface area contributed by atoms with E-state index in [1.54, 1.807) is 0 Å². The first-order chi connectivity index (χ1) is 6.68. The third kappa shape index (κ3) is 1.50. The zero-order valence-corrected chi connectivity index (χ0v) is 8.16. The van der Waals surface area contributed by atoms with Crippen LogP contribution >= 0.6 is 0 Å². The molecule has 3 N–H and O–H groups in total. The highest BCUT2D eigenvalue weighted by molar-refractivity contribution is 5.95. The lowest BCUT2D eigenvalue weighted by atomic mass is 10.2. The summed E-state index contributed by atoms with van der Waals surface area (Å²) in [5.74, 6) is 0.0765. The van der Waals surface area contributed by atoms with Crippen LogP contribution in [0.25, 0.3) is 0 Å². The number of nitrogens with one attached hydrogen (secondary N) is 1. The van der Waals surface area contributed by atoms with Gasteiger partial charge in [-0.1, -0.05) is 0 Å². The molecule has 1 atom stereocenters. The number of nitrogens with zero attached hydrogens (tertiary/aromatic N) is 2. The second-order valence-electron chi connectivity index (χ2n) is 3.54. The molecular weight excluding hydrogens is 180 g/mol. The van der Waals surface area contributed by atoms with Crippen molar-refractivity contribution in [2.75, 3.05) is 13.2 Å². The summed E-state index contributed by atoms with van der Waals surface area (Å²) in [5, 5.41) is 11.7. The van der Waals surface area contributed by atoms with Gasteiger partial charge < -0.3 is 10.5 Å². The van der Waals surface area contributed by atoms with E-state index in [1.165, 1.54) is 0 Å². The molecule has 1 saturated heterocycles. The Balaban J connectivity index is 2.27. The van der Waals surface area contributed by atoms with E-state index in [9.17, 15) is 0 Å². The minimum absolute atomic E-state index is 0.0765. The van der Waals surface area contributed by atoms with Crippen molar-refractivity contribution in [2.45, 2.75) is 19.4 Å². The third-order valence-corrected chi connectivity index (χ3v) is 2.49. The first-order valence-corrected chi connectivity index (χ1v) is 4.66. The van der Waals surface area contributed by atoms with Crippen LogP contribution in [0.4, 0.5) is 0 Å². The molecule has 2 heterocycles. The summed E-state index contributed by atoms with van der Waals surface area (Å²) >= 11 is 0. The Hall–Kier alpha value is -1.36. The fourth-order valence-electron chi connectivity index (χ4n) is 1.66. The molecule has 0 amide bonds. The molecule has 1 aliphatic rings. The molecule has 1 aliphatic heterocycles. The van der Waals surface area contributed by atoms with E-state index in [-0.39, 0.29) is 5.84 Å². The van der Waals surface area contributed by atoms with Crippen molar-refractivity contribution in [3.8, 4) is 0 Å². The molecule has 0 saturated carbocycles. The molecule has 0 spiro atoms. The fourth-order valence-corrected chi connectivity index (χ4v) is 1.66. The highest BCUT2D eigenvalue weighted by atomic mass is 16.5. The van der Waals surface area contributed by atoms with Crippen LogP contribution in [0.2, 0.25) is 0 Å². The average Bonchev–Trinajstić information content (AvgIpc) is 2.70. The van der Waals surface area contributed by atoms with Gasteiger partial charge in [-0.15, -0.1) is 0 Å². The first kappa shape index (κ1) is 9.21. The summed E-state index contributed by atoms with van der Waals surface area (Å²) in [7, 11) is 0. The molecule has 0 aliphatic carbocycles. The molecule has 5 nitrogen and oxygen atoms in total. The lowest BCUT2D eigenvalue weighted by Crippen LogP contribution is -2.12. The molecule has 76 valence electrons. The summed E-state index contributed by atoms with van der Waals surface area (Å²) in [6.45, 7) is 3.36. The fraction of sp³-hybridized carbons (Fsp3) is 0.556. The van der Waals surface area contributed by atoms with Crippen molar-refractivity contribution in [1.29, 1.82) is 5.41 Å². The molecule has 14 heavy (non-hydrogen) atoms. The van der Waals surface area contributed by atoms with Gasteiger partial charge in [-0.2, -0.15) is 5.10 Å². The van der Waals surface area contributed by atoms with E-state index in [4.69, 9.17) is 15.9 Å². The summed E-state index contributed by atoms with van der Waals surface area (Å²) in [5.41, 5.74) is 6.95. The van der Waals surface area contributed by atoms with Gasteiger partial charge in [-0.3, -0.25) is 10.1 Å². The van der Waals surface area contributed by atoms with Crippen LogP contribution in [-0.4, -0.2) is 28.8 Å². The van der Waals surface area contributed by atoms with Crippen LogP contribution in [0.1, 0.15) is 23.7 Å². The van der Waals surface area contributed by atoms with Crippen LogP contribution in [0.15, 0.2) is 6.20 Å². The third-order valence-electron chi connectivity index (χ3n) is 2.49. The zero-order valence-electron chi connectivity index (χ0n) is 8.16. The van der Waals surface area contributed by atoms with Crippen molar-refractivity contribution in [3.63, 3.8) is 0 Å². The molecule has 2 rings (SSSR count). The number of ether oxygens (including phenoxy) is 1. The Labute approximate surface area is 82.4 Å². The van der Waals surface area contributed by atoms with Crippen molar-refractivity contribution in [2.24, 2.45) is 5.73 Å². The summed E-state index contributed by atoms with van der Waals surface area (Å²) in [6, 6.07) is 0.307. The monoisotopic (exact) mass is 194 g/mol. The lowest BCUT2D eigenvalue weighted by molar-refractivity contribution is 0.184. The molecule has 0 radical (unpaired) electrons. The minimum Gasteiger partial charge on any atom is -0.384 e. The molecule has 1 aromatic rings. The van der Waals surface area contributed by atoms with Gasteiger partial charge in [0.2, 0.25) is 0 Å². The molecule has 0 aromatic carbocycles. The molecule has 1 aromatic heterocycles. The first-order valence-electron chi connectivity index (χ1n) is 4.66. The molecule has 0 bridgehead atoms. The maximum absolute atomic E-state index is 7.35. The van der Waals surface area contributed by atoms with Crippen molar-refractivity contribution in [3.05, 3.63) is 17.5 Å². The van der Waals surface area contributed by atoms with Gasteiger partial charge in [0.05, 0.1) is 23.9 Å². The van der Waals surface area contributed by atoms with Gasteiger partial charge in [-0.05, 0) is 13.3 Å². The number of hydrogen-bond acceptors (Lipinski definition) is 3. The summed E-state index contributed by atoms with van der Waals surface area (Å²) in [4.78, 5) is 0. The highest BCUT2D eigenvalue weighted by Crippen LogP contribution is 2.19. The molecule has 1 unspecified atom stereocenters. The Morgan fingerprint density at radius 1 is 1.79 bits per heavy atom. The maximum atomic E-state index is 7.35.